The van der Waals surface area contributed by atoms with Crippen molar-refractivity contribution in [2.45, 2.75) is 39.5 Å². The molecule has 0 aromatic heterocycles. The van der Waals surface area contributed by atoms with Crippen LogP contribution in [-0.4, -0.2) is 19.1 Å². The summed E-state index contributed by atoms with van der Waals surface area (Å²) < 4.78 is 11.3. The monoisotopic (exact) mass is 341 g/mol. The molecule has 134 valence electrons. The second-order valence-corrected chi connectivity index (χ2v) is 5.92. The highest BCUT2D eigenvalue weighted by Crippen LogP contribution is 2.20. The molecule has 0 radical (unpaired) electrons. The van der Waals surface area contributed by atoms with Crippen LogP contribution in [0.2, 0.25) is 0 Å². The number of unbranched alkanes of at least 4 members (excludes halogenated alkanes) is 2. The molecule has 0 heterocycles. The standard InChI is InChI=1S/C21H27NO3/c1-3-5-6-14-24-19-8-7-9-20(15-19)25-16-21(23)22-18-12-10-17(4-2)11-13-18/h7-13,15H,3-6,14,16H2,1-2H3,(H,22,23). The zero-order chi connectivity index (χ0) is 17.9. The van der Waals surface area contributed by atoms with E-state index in [0.29, 0.717) is 12.4 Å². The van der Waals surface area contributed by atoms with Gasteiger partial charge < -0.3 is 14.8 Å². The van der Waals surface area contributed by atoms with Crippen LogP contribution in [0.4, 0.5) is 5.69 Å². The van der Waals surface area contributed by atoms with Crippen LogP contribution in [0.15, 0.2) is 48.5 Å². The van der Waals surface area contributed by atoms with Gasteiger partial charge in [0.2, 0.25) is 0 Å². The van der Waals surface area contributed by atoms with Gasteiger partial charge >= 0.3 is 0 Å². The van der Waals surface area contributed by atoms with E-state index in [4.69, 9.17) is 9.47 Å². The Labute approximate surface area is 150 Å². The fourth-order valence-electron chi connectivity index (χ4n) is 2.37. The summed E-state index contributed by atoms with van der Waals surface area (Å²) in [5, 5.41) is 2.83. The maximum Gasteiger partial charge on any atom is 0.262 e. The van der Waals surface area contributed by atoms with Crippen molar-refractivity contribution in [2.24, 2.45) is 0 Å². The van der Waals surface area contributed by atoms with Crippen LogP contribution >= 0.6 is 0 Å². The highest BCUT2D eigenvalue weighted by Gasteiger charge is 2.05. The van der Waals surface area contributed by atoms with E-state index in [1.807, 2.05) is 48.5 Å². The van der Waals surface area contributed by atoms with Gasteiger partial charge in [0.15, 0.2) is 6.61 Å². The fourth-order valence-corrected chi connectivity index (χ4v) is 2.37. The van der Waals surface area contributed by atoms with E-state index in [2.05, 4.69) is 19.2 Å². The summed E-state index contributed by atoms with van der Waals surface area (Å²) in [6, 6.07) is 15.2. The van der Waals surface area contributed by atoms with Crippen LogP contribution < -0.4 is 14.8 Å². The molecule has 2 aromatic carbocycles. The second kappa shape index (κ2) is 10.4. The molecule has 2 rings (SSSR count). The Morgan fingerprint density at radius 2 is 1.68 bits per heavy atom. The minimum atomic E-state index is -0.182. The minimum Gasteiger partial charge on any atom is -0.493 e. The summed E-state index contributed by atoms with van der Waals surface area (Å²) in [6.45, 7) is 4.93. The number of rotatable bonds is 10. The van der Waals surface area contributed by atoms with Gasteiger partial charge in [-0.15, -0.1) is 0 Å². The van der Waals surface area contributed by atoms with Gasteiger partial charge in [0.25, 0.3) is 5.91 Å². The number of carbonyl (C=O) groups excluding carboxylic acids is 1. The molecule has 0 saturated carbocycles. The zero-order valence-corrected chi connectivity index (χ0v) is 15.1. The molecule has 25 heavy (non-hydrogen) atoms. The van der Waals surface area contributed by atoms with Crippen molar-refractivity contribution in [1.82, 2.24) is 0 Å². The van der Waals surface area contributed by atoms with Crippen LogP contribution in [0.5, 0.6) is 11.5 Å². The number of hydrogen-bond donors (Lipinski definition) is 1. The fraction of sp³-hybridized carbons (Fsp3) is 0.381. The maximum atomic E-state index is 12.0. The lowest BCUT2D eigenvalue weighted by Gasteiger charge is -2.10. The molecule has 0 fully saturated rings. The third-order valence-electron chi connectivity index (χ3n) is 3.84. The Kier molecular flexibility index (Phi) is 7.83. The Hall–Kier alpha value is -2.49. The molecule has 0 aliphatic heterocycles. The van der Waals surface area contributed by atoms with E-state index >= 15 is 0 Å². The summed E-state index contributed by atoms with van der Waals surface area (Å²) in [7, 11) is 0. The first-order valence-electron chi connectivity index (χ1n) is 8.95. The number of nitrogens with one attached hydrogen (secondary N) is 1. The molecule has 0 unspecified atom stereocenters. The summed E-state index contributed by atoms with van der Waals surface area (Å²) in [5.74, 6) is 1.21. The molecule has 4 heteroatoms. The molecule has 0 spiro atoms. The number of hydrogen-bond acceptors (Lipinski definition) is 3. The van der Waals surface area contributed by atoms with Crippen LogP contribution in [0.1, 0.15) is 38.7 Å². The van der Waals surface area contributed by atoms with E-state index in [1.165, 1.54) is 12.0 Å². The number of benzene rings is 2. The molecule has 4 nitrogen and oxygen atoms in total. The Balaban J connectivity index is 1.78. The highest BCUT2D eigenvalue weighted by molar-refractivity contribution is 5.91. The number of ether oxygens (including phenoxy) is 2. The topological polar surface area (TPSA) is 47.6 Å². The van der Waals surface area contributed by atoms with Gasteiger partial charge in [0.05, 0.1) is 6.61 Å². The van der Waals surface area contributed by atoms with Gasteiger partial charge in [-0.25, -0.2) is 0 Å². The van der Waals surface area contributed by atoms with Crippen LogP contribution in [0.25, 0.3) is 0 Å². The van der Waals surface area contributed by atoms with Gasteiger partial charge in [0.1, 0.15) is 11.5 Å². The lowest BCUT2D eigenvalue weighted by molar-refractivity contribution is -0.118. The van der Waals surface area contributed by atoms with E-state index in [9.17, 15) is 4.79 Å². The summed E-state index contributed by atoms with van der Waals surface area (Å²) in [6.07, 6.45) is 4.35. The number of amides is 1. The Morgan fingerprint density at radius 1 is 0.960 bits per heavy atom. The second-order valence-electron chi connectivity index (χ2n) is 5.92. The largest absolute Gasteiger partial charge is 0.493 e. The third-order valence-corrected chi connectivity index (χ3v) is 3.84. The van der Waals surface area contributed by atoms with E-state index in [-0.39, 0.29) is 12.5 Å². The summed E-state index contributed by atoms with van der Waals surface area (Å²) >= 11 is 0. The molecule has 2 aromatic rings. The van der Waals surface area contributed by atoms with Crippen molar-refractivity contribution < 1.29 is 14.3 Å². The molecular weight excluding hydrogens is 314 g/mol. The Morgan fingerprint density at radius 3 is 2.36 bits per heavy atom. The number of aryl methyl sites for hydroxylation is 1. The quantitative estimate of drug-likeness (QED) is 0.629. The molecular formula is C21H27NO3. The molecule has 1 amide bonds. The van der Waals surface area contributed by atoms with Crippen molar-refractivity contribution in [3.05, 3.63) is 54.1 Å². The number of anilines is 1. The van der Waals surface area contributed by atoms with E-state index in [1.54, 1.807) is 0 Å². The molecule has 0 atom stereocenters. The normalized spacial score (nSPS) is 10.3. The lowest BCUT2D eigenvalue weighted by atomic mass is 10.1. The van der Waals surface area contributed by atoms with Gasteiger partial charge in [-0.2, -0.15) is 0 Å². The van der Waals surface area contributed by atoms with Crippen molar-refractivity contribution in [3.63, 3.8) is 0 Å². The molecule has 0 bridgehead atoms. The van der Waals surface area contributed by atoms with E-state index in [0.717, 1.165) is 30.7 Å². The van der Waals surface area contributed by atoms with Crippen molar-refractivity contribution in [2.75, 3.05) is 18.5 Å². The third kappa shape index (κ3) is 6.87. The average molecular weight is 341 g/mol. The van der Waals surface area contributed by atoms with E-state index < -0.39 is 0 Å². The average Bonchev–Trinajstić information content (AvgIpc) is 2.65. The van der Waals surface area contributed by atoms with Crippen LogP contribution in [0.3, 0.4) is 0 Å². The van der Waals surface area contributed by atoms with Crippen molar-refractivity contribution in [1.29, 1.82) is 0 Å². The molecule has 1 N–H and O–H groups in total. The minimum absolute atomic E-state index is 0.0329. The first kappa shape index (κ1) is 18.8. The van der Waals surface area contributed by atoms with Crippen LogP contribution in [-0.2, 0) is 11.2 Å². The van der Waals surface area contributed by atoms with Gasteiger partial charge in [-0.3, -0.25) is 4.79 Å². The summed E-state index contributed by atoms with van der Waals surface area (Å²) in [4.78, 5) is 12.0. The SMILES string of the molecule is CCCCCOc1cccc(OCC(=O)Nc2ccc(CC)cc2)c1. The first-order chi connectivity index (χ1) is 12.2. The smallest absolute Gasteiger partial charge is 0.262 e. The summed E-state index contributed by atoms with van der Waals surface area (Å²) in [5.41, 5.74) is 2.02. The predicted octanol–water partition coefficient (Wildman–Crippen LogP) is 4.84. The van der Waals surface area contributed by atoms with Gasteiger partial charge in [-0.05, 0) is 42.7 Å². The zero-order valence-electron chi connectivity index (χ0n) is 15.1. The highest BCUT2D eigenvalue weighted by atomic mass is 16.5. The molecule has 0 aliphatic rings. The first-order valence-corrected chi connectivity index (χ1v) is 8.95. The van der Waals surface area contributed by atoms with Crippen molar-refractivity contribution >= 4 is 11.6 Å². The Bertz CT molecular complexity index is 652. The predicted molar refractivity (Wildman–Crippen MR) is 101 cm³/mol. The molecule has 0 aliphatic carbocycles. The number of carbonyl (C=O) groups is 1. The van der Waals surface area contributed by atoms with Gasteiger partial charge in [-0.1, -0.05) is 44.9 Å². The maximum absolute atomic E-state index is 12.0. The lowest BCUT2D eigenvalue weighted by Crippen LogP contribution is -2.20. The van der Waals surface area contributed by atoms with Crippen LogP contribution in [0, 0.1) is 0 Å². The molecule has 0 saturated heterocycles. The van der Waals surface area contributed by atoms with Crippen molar-refractivity contribution in [3.8, 4) is 11.5 Å². The van der Waals surface area contributed by atoms with Gasteiger partial charge in [0, 0.05) is 11.8 Å².